The van der Waals surface area contributed by atoms with E-state index in [1.165, 1.54) is 7.11 Å². The molecule has 0 aliphatic rings. The summed E-state index contributed by atoms with van der Waals surface area (Å²) >= 11 is 1.08. The summed E-state index contributed by atoms with van der Waals surface area (Å²) in [5.41, 5.74) is 8.09. The number of nitrogens with one attached hydrogen (secondary N) is 3. The molecule has 0 aliphatic carbocycles. The van der Waals surface area contributed by atoms with Gasteiger partial charge in [-0.3, -0.25) is 14.7 Å². The molecule has 0 spiro atoms. The van der Waals surface area contributed by atoms with Crippen LogP contribution in [-0.2, 0) is 27.3 Å². The lowest BCUT2D eigenvalue weighted by Crippen LogP contribution is -2.46. The van der Waals surface area contributed by atoms with Crippen molar-refractivity contribution < 1.29 is 42.2 Å². The van der Waals surface area contributed by atoms with Crippen LogP contribution in [0.3, 0.4) is 0 Å². The monoisotopic (exact) mass is 543 g/mol. The predicted molar refractivity (Wildman–Crippen MR) is 127 cm³/mol. The molecule has 0 aliphatic heterocycles. The quantitative estimate of drug-likeness (QED) is 0.268. The van der Waals surface area contributed by atoms with E-state index < -0.39 is 30.1 Å². The molecule has 0 radical (unpaired) electrons. The van der Waals surface area contributed by atoms with Crippen LogP contribution in [0.4, 0.5) is 13.2 Å². The third-order valence-electron chi connectivity index (χ3n) is 4.90. The van der Waals surface area contributed by atoms with E-state index in [2.05, 4.69) is 25.6 Å². The minimum atomic E-state index is -5.08. The number of aromatic nitrogens is 2. The molecule has 200 valence electrons. The number of amides is 2. The number of methoxy groups -OCH3 is 1. The lowest BCUT2D eigenvalue weighted by molar-refractivity contribution is -0.192. The van der Waals surface area contributed by atoms with Crippen LogP contribution in [0.5, 0.6) is 0 Å². The van der Waals surface area contributed by atoms with Crippen LogP contribution in [0.15, 0.2) is 30.5 Å². The van der Waals surface area contributed by atoms with E-state index in [0.717, 1.165) is 33.4 Å². The Hall–Kier alpha value is -3.98. The number of carboxylic acids is 1. The average molecular weight is 544 g/mol. The van der Waals surface area contributed by atoms with Gasteiger partial charge in [-0.1, -0.05) is 19.1 Å². The second-order valence-electron chi connectivity index (χ2n) is 7.34. The number of carboxylic acid groups (broad SMARTS) is 1. The van der Waals surface area contributed by atoms with Gasteiger partial charge >= 0.3 is 18.1 Å². The zero-order chi connectivity index (χ0) is 27.8. The summed E-state index contributed by atoms with van der Waals surface area (Å²) in [6, 6.07) is 6.47. The fourth-order valence-electron chi connectivity index (χ4n) is 3.02. The van der Waals surface area contributed by atoms with Crippen molar-refractivity contribution in [1.29, 1.82) is 0 Å². The number of thiophene rings is 1. The van der Waals surface area contributed by atoms with Crippen molar-refractivity contribution in [3.8, 4) is 0 Å². The Bertz CT molecular complexity index is 1270. The zero-order valence-corrected chi connectivity index (χ0v) is 20.5. The third kappa shape index (κ3) is 7.75. The lowest BCUT2D eigenvalue weighted by atomic mass is 10.1. The molecule has 3 rings (SSSR count). The highest BCUT2D eigenvalue weighted by Crippen LogP contribution is 2.24. The van der Waals surface area contributed by atoms with Crippen LogP contribution in [0.2, 0.25) is 0 Å². The van der Waals surface area contributed by atoms with E-state index in [1.807, 2.05) is 25.1 Å². The van der Waals surface area contributed by atoms with Crippen LogP contribution in [-0.4, -0.2) is 64.9 Å². The number of nitrogens with two attached hydrogens (primary N) is 1. The van der Waals surface area contributed by atoms with Crippen molar-refractivity contribution in [2.24, 2.45) is 5.73 Å². The summed E-state index contributed by atoms with van der Waals surface area (Å²) in [6.07, 6.45) is -2.80. The highest BCUT2D eigenvalue weighted by atomic mass is 32.1. The van der Waals surface area contributed by atoms with Crippen molar-refractivity contribution in [3.63, 3.8) is 0 Å². The maximum absolute atomic E-state index is 12.7. The predicted octanol–water partition coefficient (Wildman–Crippen LogP) is 1.98. The van der Waals surface area contributed by atoms with Gasteiger partial charge in [-0.2, -0.15) is 18.3 Å². The number of hydrogen-bond donors (Lipinski definition) is 5. The lowest BCUT2D eigenvalue weighted by Gasteiger charge is -2.14. The molecule has 0 saturated carbocycles. The van der Waals surface area contributed by atoms with Crippen LogP contribution in [0.25, 0.3) is 10.9 Å². The van der Waals surface area contributed by atoms with Gasteiger partial charge in [0.2, 0.25) is 0 Å². The summed E-state index contributed by atoms with van der Waals surface area (Å²) < 4.78 is 36.4. The van der Waals surface area contributed by atoms with Crippen molar-refractivity contribution >= 4 is 46.0 Å². The largest absolute Gasteiger partial charge is 0.490 e. The number of H-pyrrole nitrogens is 1. The standard InChI is InChI=1S/C20H23N5O4S.C2HF3O2/c1-3-11-7-16(30-17(11)19(27)24-15(8-21)20(28)29-2)18(26)22-9-12-5-4-6-14-13(12)10-23-25-14;3-2(4,5)1(6)7/h4-7,10,15H,3,8-9,21H2,1-2H3,(H,22,26)(H,23,25)(H,24,27);(H,6,7)/t15-;/m0./s1. The summed E-state index contributed by atoms with van der Waals surface area (Å²) in [5.74, 6) is -4.11. The molecule has 0 unspecified atom stereocenters. The summed E-state index contributed by atoms with van der Waals surface area (Å²) in [7, 11) is 1.23. The fourth-order valence-corrected chi connectivity index (χ4v) is 4.09. The summed E-state index contributed by atoms with van der Waals surface area (Å²) in [6.45, 7) is 2.13. The van der Waals surface area contributed by atoms with Gasteiger partial charge < -0.3 is 26.2 Å². The molecule has 15 heteroatoms. The number of aromatic amines is 1. The van der Waals surface area contributed by atoms with Gasteiger partial charge in [-0.15, -0.1) is 11.3 Å². The Morgan fingerprint density at radius 3 is 2.46 bits per heavy atom. The molecular weight excluding hydrogens is 519 g/mol. The molecule has 2 aromatic heterocycles. The Morgan fingerprint density at radius 2 is 1.89 bits per heavy atom. The second-order valence-corrected chi connectivity index (χ2v) is 8.39. The SMILES string of the molecule is CCc1cc(C(=O)NCc2cccc3[nH]ncc23)sc1C(=O)N[C@@H](CN)C(=O)OC.O=C(O)C(F)(F)F. The molecule has 1 aromatic carbocycles. The number of carbonyl (C=O) groups excluding carboxylic acids is 3. The molecule has 2 heterocycles. The van der Waals surface area contributed by atoms with Crippen LogP contribution < -0.4 is 16.4 Å². The fraction of sp³-hybridized carbons (Fsp3) is 0.318. The van der Waals surface area contributed by atoms with Crippen molar-refractivity contribution in [2.45, 2.75) is 32.1 Å². The summed E-state index contributed by atoms with van der Waals surface area (Å²) in [4.78, 5) is 46.7. The molecule has 2 amide bonds. The van der Waals surface area contributed by atoms with Gasteiger partial charge in [0.05, 0.1) is 28.6 Å². The van der Waals surface area contributed by atoms with E-state index in [4.69, 9.17) is 15.6 Å². The Labute approximate surface area is 212 Å². The number of alkyl halides is 3. The van der Waals surface area contributed by atoms with Crippen LogP contribution in [0.1, 0.15) is 37.4 Å². The number of esters is 1. The van der Waals surface area contributed by atoms with Crippen LogP contribution >= 0.6 is 11.3 Å². The molecule has 0 fully saturated rings. The topological polar surface area (TPSA) is 176 Å². The molecule has 6 N–H and O–H groups in total. The molecule has 1 atom stereocenters. The van der Waals surface area contributed by atoms with E-state index in [0.29, 0.717) is 22.7 Å². The number of ether oxygens (including phenoxy) is 1. The maximum Gasteiger partial charge on any atom is 0.490 e. The molecule has 0 saturated heterocycles. The number of hydrogen-bond acceptors (Lipinski definition) is 8. The number of benzene rings is 1. The van der Waals surface area contributed by atoms with E-state index in [1.54, 1.807) is 12.3 Å². The molecule has 0 bridgehead atoms. The smallest absolute Gasteiger partial charge is 0.475 e. The highest BCUT2D eigenvalue weighted by Gasteiger charge is 2.38. The Kier molecular flexibility index (Phi) is 10.1. The van der Waals surface area contributed by atoms with Crippen molar-refractivity contribution in [1.82, 2.24) is 20.8 Å². The number of halogens is 3. The summed E-state index contributed by atoms with van der Waals surface area (Å²) in [5, 5.41) is 20.4. The number of carbonyl (C=O) groups is 4. The zero-order valence-electron chi connectivity index (χ0n) is 19.6. The van der Waals surface area contributed by atoms with Gasteiger partial charge in [-0.25, -0.2) is 9.59 Å². The first-order valence-electron chi connectivity index (χ1n) is 10.6. The minimum Gasteiger partial charge on any atom is -0.475 e. The van der Waals surface area contributed by atoms with Crippen molar-refractivity contribution in [2.75, 3.05) is 13.7 Å². The first-order valence-corrected chi connectivity index (χ1v) is 11.4. The number of aliphatic carboxylic acids is 1. The molecular formula is C22H24F3N5O6S. The number of nitrogens with zero attached hydrogens (tertiary/aromatic N) is 1. The Morgan fingerprint density at radius 1 is 1.22 bits per heavy atom. The number of aryl methyl sites for hydroxylation is 1. The Balaban J connectivity index is 0.000000604. The second kappa shape index (κ2) is 12.8. The van der Waals surface area contributed by atoms with E-state index in [-0.39, 0.29) is 12.5 Å². The van der Waals surface area contributed by atoms with E-state index in [9.17, 15) is 27.6 Å². The first-order chi connectivity index (χ1) is 17.4. The van der Waals surface area contributed by atoms with Gasteiger partial charge in [0, 0.05) is 18.5 Å². The van der Waals surface area contributed by atoms with Crippen LogP contribution in [0, 0.1) is 0 Å². The highest BCUT2D eigenvalue weighted by molar-refractivity contribution is 7.16. The first kappa shape index (κ1) is 29.3. The van der Waals surface area contributed by atoms with E-state index >= 15 is 0 Å². The molecule has 37 heavy (non-hydrogen) atoms. The minimum absolute atomic E-state index is 0.0852. The van der Waals surface area contributed by atoms with Gasteiger partial charge in [0.1, 0.15) is 6.04 Å². The van der Waals surface area contributed by atoms with Gasteiger partial charge in [-0.05, 0) is 29.7 Å². The maximum atomic E-state index is 12.7. The van der Waals surface area contributed by atoms with Gasteiger partial charge in [0.15, 0.2) is 0 Å². The third-order valence-corrected chi connectivity index (χ3v) is 6.08. The number of rotatable bonds is 8. The molecule has 3 aromatic rings. The number of fused-ring (bicyclic) bond motifs is 1. The average Bonchev–Trinajstić information content (AvgIpc) is 3.52. The molecule has 11 nitrogen and oxygen atoms in total. The normalized spacial score (nSPS) is 11.7. The van der Waals surface area contributed by atoms with Gasteiger partial charge in [0.25, 0.3) is 11.8 Å². The van der Waals surface area contributed by atoms with Crippen molar-refractivity contribution in [3.05, 3.63) is 51.3 Å².